The van der Waals surface area contributed by atoms with E-state index in [4.69, 9.17) is 16.6 Å². The van der Waals surface area contributed by atoms with Crippen LogP contribution in [0.4, 0.5) is 0 Å². The third kappa shape index (κ3) is 10.3. The number of carbonyl (C=O) groups excluding carboxylic acids is 1. The molecule has 2 atom stereocenters. The van der Waals surface area contributed by atoms with Crippen molar-refractivity contribution in [3.63, 3.8) is 0 Å². The van der Waals surface area contributed by atoms with E-state index in [0.29, 0.717) is 23.6 Å². The fourth-order valence-electron chi connectivity index (χ4n) is 4.90. The van der Waals surface area contributed by atoms with Crippen molar-refractivity contribution in [2.75, 3.05) is 5.75 Å². The number of pyridine rings is 1. The minimum atomic E-state index is -0.991. The van der Waals surface area contributed by atoms with Gasteiger partial charge in [-0.1, -0.05) is 85.3 Å². The summed E-state index contributed by atoms with van der Waals surface area (Å²) in [6.07, 6.45) is 6.85. The third-order valence-corrected chi connectivity index (χ3v) is 8.89. The van der Waals surface area contributed by atoms with E-state index in [-0.39, 0.29) is 34.8 Å². The Kier molecular flexibility index (Phi) is 13.2. The molecule has 0 saturated heterocycles. The van der Waals surface area contributed by atoms with Crippen molar-refractivity contribution in [2.24, 2.45) is 5.92 Å². The smallest absolute Gasteiger partial charge is 0.550 e. The number of nitrogens with zero attached hydrogens (tertiary/aromatic N) is 1. The van der Waals surface area contributed by atoms with Crippen LogP contribution < -0.4 is 34.7 Å². The summed E-state index contributed by atoms with van der Waals surface area (Å²) in [5, 5.41) is 23.9. The van der Waals surface area contributed by atoms with Crippen molar-refractivity contribution >= 4 is 52.4 Å². The maximum atomic E-state index is 11.6. The molecule has 1 heterocycles. The predicted molar refractivity (Wildman–Crippen MR) is 171 cm³/mol. The number of hydrogen-bond acceptors (Lipinski definition) is 5. The first-order valence-electron chi connectivity index (χ1n) is 14.1. The Labute approximate surface area is 280 Å². The van der Waals surface area contributed by atoms with Gasteiger partial charge in [-0.25, -0.2) is 4.98 Å². The molecule has 4 aromatic rings. The number of rotatable bonds is 13. The number of carbonyl (C=O) groups is 1. The van der Waals surface area contributed by atoms with Crippen LogP contribution in [0.2, 0.25) is 5.02 Å². The minimum Gasteiger partial charge on any atom is -0.550 e. The Bertz CT molecular complexity index is 1520. The zero-order valence-corrected chi connectivity index (χ0v) is 28.4. The van der Waals surface area contributed by atoms with Crippen LogP contribution in [0, 0.1) is 5.92 Å². The summed E-state index contributed by atoms with van der Waals surface area (Å²) in [7, 11) is 0. The zero-order chi connectivity index (χ0) is 29.4. The maximum absolute atomic E-state index is 11.6. The van der Waals surface area contributed by atoms with Crippen molar-refractivity contribution < 1.29 is 44.6 Å². The van der Waals surface area contributed by atoms with E-state index in [1.165, 1.54) is 5.56 Å². The Morgan fingerprint density at radius 2 is 1.76 bits per heavy atom. The van der Waals surface area contributed by atoms with Crippen molar-refractivity contribution in [1.82, 2.24) is 4.98 Å². The molecule has 0 aliphatic carbocycles. The van der Waals surface area contributed by atoms with Crippen LogP contribution in [0.3, 0.4) is 0 Å². The summed E-state index contributed by atoms with van der Waals surface area (Å²) in [5.74, 6) is -0.978. The molecule has 0 spiro atoms. The molecular formula is C35H37ClNNaO3S. The van der Waals surface area contributed by atoms with Gasteiger partial charge in [0.25, 0.3) is 0 Å². The Morgan fingerprint density at radius 3 is 2.48 bits per heavy atom. The van der Waals surface area contributed by atoms with Crippen molar-refractivity contribution in [2.45, 2.75) is 57.3 Å². The van der Waals surface area contributed by atoms with E-state index >= 15 is 0 Å². The van der Waals surface area contributed by atoms with E-state index in [1.54, 1.807) is 11.8 Å². The number of aliphatic hydroxyl groups is 1. The van der Waals surface area contributed by atoms with E-state index in [2.05, 4.69) is 42.5 Å². The van der Waals surface area contributed by atoms with Gasteiger partial charge in [0, 0.05) is 39.7 Å². The number of hydrogen-bond donors (Lipinski definition) is 1. The number of carboxylic acids is 1. The van der Waals surface area contributed by atoms with Crippen LogP contribution in [0.1, 0.15) is 66.8 Å². The number of halogens is 1. The number of benzene rings is 3. The Balaban J connectivity index is 0.00000484. The summed E-state index contributed by atoms with van der Waals surface area (Å²) in [4.78, 5) is 16.4. The molecule has 4 nitrogen and oxygen atoms in total. The average Bonchev–Trinajstić information content (AvgIpc) is 2.93. The molecule has 0 bridgehead atoms. The second kappa shape index (κ2) is 16.1. The molecule has 214 valence electrons. The first kappa shape index (κ1) is 34.4. The van der Waals surface area contributed by atoms with Gasteiger partial charge >= 0.3 is 29.6 Å². The number of aliphatic carboxylic acids is 1. The minimum absolute atomic E-state index is 0. The van der Waals surface area contributed by atoms with Crippen LogP contribution in [0.15, 0.2) is 78.9 Å². The number of fused-ring (bicyclic) bond motifs is 1. The van der Waals surface area contributed by atoms with Gasteiger partial charge in [-0.05, 0) is 79.6 Å². The molecule has 1 unspecified atom stereocenters. The molecule has 1 N–H and O–H groups in total. The molecule has 0 fully saturated rings. The molecule has 0 amide bonds. The molecule has 1 aromatic heterocycles. The topological polar surface area (TPSA) is 73.2 Å². The SMILES string of the molecule is CCC(CS[C@@H](CCc1ccccc1CC(C)(C)O)c1cccc(/C=C/c2ccc3ccc(Cl)cc3n2)c1)C(=O)[O-].[Na+]. The first-order chi connectivity index (χ1) is 19.6. The van der Waals surface area contributed by atoms with Gasteiger partial charge in [0.2, 0.25) is 0 Å². The second-order valence-corrected chi connectivity index (χ2v) is 12.8. The maximum Gasteiger partial charge on any atom is 1.00 e. The monoisotopic (exact) mass is 609 g/mol. The van der Waals surface area contributed by atoms with Crippen LogP contribution in [-0.2, 0) is 17.6 Å². The molecule has 3 aromatic carbocycles. The number of aryl methyl sites for hydroxylation is 1. The summed E-state index contributed by atoms with van der Waals surface area (Å²) in [6.45, 7) is 5.55. The van der Waals surface area contributed by atoms with Gasteiger partial charge < -0.3 is 15.0 Å². The summed E-state index contributed by atoms with van der Waals surface area (Å²) >= 11 is 7.84. The molecule has 0 aliphatic rings. The number of carboxylic acid groups (broad SMARTS) is 1. The summed E-state index contributed by atoms with van der Waals surface area (Å²) in [5.41, 5.74) is 5.47. The molecular weight excluding hydrogens is 573 g/mol. The van der Waals surface area contributed by atoms with Crippen LogP contribution in [0.25, 0.3) is 23.1 Å². The van der Waals surface area contributed by atoms with Crippen molar-refractivity contribution in [1.29, 1.82) is 0 Å². The molecule has 0 radical (unpaired) electrons. The third-order valence-electron chi connectivity index (χ3n) is 7.15. The first-order valence-corrected chi connectivity index (χ1v) is 15.5. The van der Waals surface area contributed by atoms with E-state index < -0.39 is 17.5 Å². The number of thioether (sulfide) groups is 1. The Morgan fingerprint density at radius 1 is 1.02 bits per heavy atom. The fourth-order valence-corrected chi connectivity index (χ4v) is 6.53. The van der Waals surface area contributed by atoms with Crippen molar-refractivity contribution in [3.8, 4) is 0 Å². The summed E-state index contributed by atoms with van der Waals surface area (Å²) in [6, 6.07) is 26.4. The molecule has 0 saturated carbocycles. The van der Waals surface area contributed by atoms with Gasteiger partial charge in [0.05, 0.1) is 16.8 Å². The quantitative estimate of drug-likeness (QED) is 0.225. The van der Waals surface area contributed by atoms with E-state index in [9.17, 15) is 15.0 Å². The molecule has 42 heavy (non-hydrogen) atoms. The standard InChI is InChI=1S/C35H38ClNO3S.Na/c1-4-25(34(38)39)23-41-33(19-15-26-9-5-6-10-29(26)22-35(2,3)40)28-11-7-8-24(20-28)12-17-31-18-14-27-13-16-30(36)21-32(27)37-31;/h5-14,16-18,20-21,25,33,40H,4,15,19,22-23H2,1-3H3,(H,38,39);/q;+1/p-1/b17-12+;/t25?,33-;/m0./s1. The van der Waals surface area contributed by atoms with E-state index in [1.807, 2.05) is 69.3 Å². The van der Waals surface area contributed by atoms with Gasteiger partial charge in [-0.15, -0.1) is 0 Å². The second-order valence-electron chi connectivity index (χ2n) is 11.1. The predicted octanol–water partition coefficient (Wildman–Crippen LogP) is 4.56. The molecule has 0 aliphatic heterocycles. The summed E-state index contributed by atoms with van der Waals surface area (Å²) < 4.78 is 0. The van der Waals surface area contributed by atoms with E-state index in [0.717, 1.165) is 46.1 Å². The van der Waals surface area contributed by atoms with Gasteiger partial charge in [-0.3, -0.25) is 0 Å². The normalized spacial score (nSPS) is 13.2. The molecule has 7 heteroatoms. The van der Waals surface area contributed by atoms with Crippen LogP contribution in [0.5, 0.6) is 0 Å². The van der Waals surface area contributed by atoms with Gasteiger partial charge in [-0.2, -0.15) is 11.8 Å². The fraction of sp³-hybridized carbons (Fsp3) is 0.314. The number of aromatic nitrogens is 1. The van der Waals surface area contributed by atoms with Gasteiger partial charge in [0.1, 0.15) is 0 Å². The largest absolute Gasteiger partial charge is 1.00 e. The zero-order valence-electron chi connectivity index (χ0n) is 24.8. The van der Waals surface area contributed by atoms with Crippen molar-refractivity contribution in [3.05, 3.63) is 112 Å². The van der Waals surface area contributed by atoms with Crippen LogP contribution >= 0.6 is 23.4 Å². The van der Waals surface area contributed by atoms with Gasteiger partial charge in [0.15, 0.2) is 0 Å². The molecule has 4 rings (SSSR count). The average molecular weight is 610 g/mol. The van der Waals surface area contributed by atoms with Crippen LogP contribution in [-0.4, -0.2) is 27.4 Å². The Hall–Kier alpha value is -2.12.